The molecule has 0 aliphatic carbocycles. The molecule has 6 nitrogen and oxygen atoms in total. The maximum absolute atomic E-state index is 11.7. The number of carbonyl (C=O) groups is 1. The lowest BCUT2D eigenvalue weighted by atomic mass is 10.1. The Morgan fingerprint density at radius 2 is 1.95 bits per heavy atom. The summed E-state index contributed by atoms with van der Waals surface area (Å²) in [5, 5.41) is 19.1. The minimum absolute atomic E-state index is 0.299. The number of rotatable bonds is 2. The number of hydrogen-bond donors (Lipinski definition) is 3. The van der Waals surface area contributed by atoms with Gasteiger partial charge in [0, 0.05) is 24.5 Å². The number of esters is 1. The van der Waals surface area contributed by atoms with Gasteiger partial charge in [0.2, 0.25) is 0 Å². The fourth-order valence-corrected chi connectivity index (χ4v) is 2.22. The van der Waals surface area contributed by atoms with Crippen LogP contribution in [-0.2, 0) is 4.74 Å². The van der Waals surface area contributed by atoms with E-state index >= 15 is 0 Å². The van der Waals surface area contributed by atoms with Crippen molar-refractivity contribution in [2.75, 3.05) is 30.8 Å². The fraction of sp³-hybridized carbons (Fsp3) is 0.462. The number of methoxy groups -OCH3 is 1. The summed E-state index contributed by atoms with van der Waals surface area (Å²) in [6.45, 7) is 2.45. The van der Waals surface area contributed by atoms with Gasteiger partial charge in [0.05, 0.1) is 24.9 Å². The van der Waals surface area contributed by atoms with Gasteiger partial charge in [0.25, 0.3) is 0 Å². The summed E-state index contributed by atoms with van der Waals surface area (Å²) < 4.78 is 4.70. The SMILES string of the molecule is COC(=O)c1cc(N2CC(O)C(O)C2)cc(C)c1N. The van der Waals surface area contributed by atoms with Gasteiger partial charge in [0.1, 0.15) is 0 Å². The van der Waals surface area contributed by atoms with Crippen molar-refractivity contribution in [3.63, 3.8) is 0 Å². The van der Waals surface area contributed by atoms with Crippen LogP contribution in [-0.4, -0.2) is 48.6 Å². The number of hydrogen-bond acceptors (Lipinski definition) is 6. The van der Waals surface area contributed by atoms with E-state index in [1.165, 1.54) is 7.11 Å². The molecular weight excluding hydrogens is 248 g/mol. The number of nitrogens with two attached hydrogens (primary N) is 1. The average Bonchev–Trinajstić information content (AvgIpc) is 2.72. The third-order valence-corrected chi connectivity index (χ3v) is 3.40. The maximum atomic E-state index is 11.7. The summed E-state index contributed by atoms with van der Waals surface area (Å²) in [5.41, 5.74) is 8.04. The van der Waals surface area contributed by atoms with Gasteiger partial charge < -0.3 is 25.6 Å². The van der Waals surface area contributed by atoms with Gasteiger partial charge in [-0.3, -0.25) is 0 Å². The molecule has 2 atom stereocenters. The first kappa shape index (κ1) is 13.6. The van der Waals surface area contributed by atoms with E-state index in [1.54, 1.807) is 13.0 Å². The molecule has 6 heteroatoms. The van der Waals surface area contributed by atoms with E-state index in [2.05, 4.69) is 0 Å². The summed E-state index contributed by atoms with van der Waals surface area (Å²) in [6.07, 6.45) is -1.56. The zero-order chi connectivity index (χ0) is 14.2. The Morgan fingerprint density at radius 1 is 1.37 bits per heavy atom. The molecule has 1 fully saturated rings. The zero-order valence-electron chi connectivity index (χ0n) is 11.0. The van der Waals surface area contributed by atoms with Crippen LogP contribution in [0.5, 0.6) is 0 Å². The van der Waals surface area contributed by atoms with Crippen molar-refractivity contribution in [2.45, 2.75) is 19.1 Å². The Balaban J connectivity index is 2.37. The third-order valence-electron chi connectivity index (χ3n) is 3.40. The van der Waals surface area contributed by atoms with E-state index in [4.69, 9.17) is 10.5 Å². The number of carbonyl (C=O) groups excluding carboxylic acids is 1. The first-order chi connectivity index (χ1) is 8.93. The molecule has 0 radical (unpaired) electrons. The van der Waals surface area contributed by atoms with Crippen molar-refractivity contribution in [2.24, 2.45) is 0 Å². The number of benzene rings is 1. The lowest BCUT2D eigenvalue weighted by molar-refractivity contribution is 0.0572. The van der Waals surface area contributed by atoms with E-state index in [-0.39, 0.29) is 0 Å². The lowest BCUT2D eigenvalue weighted by Gasteiger charge is -2.20. The van der Waals surface area contributed by atoms with Crippen LogP contribution in [0.2, 0.25) is 0 Å². The summed E-state index contributed by atoms with van der Waals surface area (Å²) >= 11 is 0. The van der Waals surface area contributed by atoms with Crippen molar-refractivity contribution >= 4 is 17.3 Å². The van der Waals surface area contributed by atoms with Gasteiger partial charge >= 0.3 is 5.97 Å². The van der Waals surface area contributed by atoms with Gasteiger partial charge in [0.15, 0.2) is 0 Å². The van der Waals surface area contributed by atoms with Crippen LogP contribution < -0.4 is 10.6 Å². The molecule has 2 rings (SSSR count). The molecule has 1 aromatic rings. The van der Waals surface area contributed by atoms with Gasteiger partial charge in [-0.2, -0.15) is 0 Å². The van der Waals surface area contributed by atoms with E-state index in [0.717, 1.165) is 11.3 Å². The van der Waals surface area contributed by atoms with E-state index in [0.29, 0.717) is 24.3 Å². The number of aliphatic hydroxyl groups is 2. The van der Waals surface area contributed by atoms with Crippen molar-refractivity contribution < 1.29 is 19.7 Å². The average molecular weight is 266 g/mol. The predicted molar refractivity (Wildman–Crippen MR) is 71.2 cm³/mol. The molecule has 19 heavy (non-hydrogen) atoms. The minimum Gasteiger partial charge on any atom is -0.465 e. The molecule has 4 N–H and O–H groups in total. The standard InChI is InChI=1S/C13H18N2O4/c1-7-3-8(15-5-10(16)11(17)6-15)4-9(12(7)14)13(18)19-2/h3-4,10-11,16-17H,5-6,14H2,1-2H3. The van der Waals surface area contributed by atoms with Crippen LogP contribution in [0.1, 0.15) is 15.9 Å². The van der Waals surface area contributed by atoms with Gasteiger partial charge in [-0.1, -0.05) is 0 Å². The summed E-state index contributed by atoms with van der Waals surface area (Å²) in [4.78, 5) is 13.5. The summed E-state index contributed by atoms with van der Waals surface area (Å²) in [6, 6.07) is 3.45. The topological polar surface area (TPSA) is 96.0 Å². The van der Waals surface area contributed by atoms with Crippen molar-refractivity contribution in [1.29, 1.82) is 0 Å². The van der Waals surface area contributed by atoms with Crippen LogP contribution in [0, 0.1) is 6.92 Å². The number of ether oxygens (including phenoxy) is 1. The van der Waals surface area contributed by atoms with Crippen molar-refractivity contribution in [1.82, 2.24) is 0 Å². The largest absolute Gasteiger partial charge is 0.465 e. The van der Waals surface area contributed by atoms with Crippen LogP contribution in [0.3, 0.4) is 0 Å². The molecule has 1 aliphatic heterocycles. The quantitative estimate of drug-likeness (QED) is 0.511. The van der Waals surface area contributed by atoms with Gasteiger partial charge in [-0.05, 0) is 24.6 Å². The molecule has 0 spiro atoms. The van der Waals surface area contributed by atoms with Crippen LogP contribution in [0.25, 0.3) is 0 Å². The summed E-state index contributed by atoms with van der Waals surface area (Å²) in [7, 11) is 1.30. The number of β-amino-alcohol motifs (C(OH)–C–C–N with tert-alkyl or cyclic N) is 2. The minimum atomic E-state index is -0.778. The Labute approximate surface area is 111 Å². The third kappa shape index (κ3) is 2.50. The highest BCUT2D eigenvalue weighted by Crippen LogP contribution is 2.28. The smallest absolute Gasteiger partial charge is 0.340 e. The second kappa shape index (κ2) is 5.07. The number of nitrogens with zero attached hydrogens (tertiary/aromatic N) is 1. The molecule has 2 unspecified atom stereocenters. The van der Waals surface area contributed by atoms with Crippen molar-refractivity contribution in [3.8, 4) is 0 Å². The molecule has 1 saturated heterocycles. The number of aryl methyl sites for hydroxylation is 1. The number of nitrogen functional groups attached to an aromatic ring is 1. The highest BCUT2D eigenvalue weighted by Gasteiger charge is 2.30. The first-order valence-electron chi connectivity index (χ1n) is 6.03. The molecule has 0 aromatic heterocycles. The highest BCUT2D eigenvalue weighted by molar-refractivity contribution is 5.97. The lowest BCUT2D eigenvalue weighted by Crippen LogP contribution is -2.22. The fourth-order valence-electron chi connectivity index (χ4n) is 2.22. The summed E-state index contributed by atoms with van der Waals surface area (Å²) in [5.74, 6) is -0.497. The Hall–Kier alpha value is -1.79. The molecule has 0 bridgehead atoms. The van der Waals surface area contributed by atoms with Gasteiger partial charge in [-0.15, -0.1) is 0 Å². The van der Waals surface area contributed by atoms with Crippen molar-refractivity contribution in [3.05, 3.63) is 23.3 Å². The van der Waals surface area contributed by atoms with E-state index in [1.807, 2.05) is 11.0 Å². The van der Waals surface area contributed by atoms with E-state index in [9.17, 15) is 15.0 Å². The Morgan fingerprint density at radius 3 is 2.47 bits per heavy atom. The Kier molecular flexibility index (Phi) is 3.64. The molecular formula is C13H18N2O4. The monoisotopic (exact) mass is 266 g/mol. The maximum Gasteiger partial charge on any atom is 0.340 e. The van der Waals surface area contributed by atoms with E-state index < -0.39 is 18.2 Å². The normalized spacial score (nSPS) is 22.6. The van der Waals surface area contributed by atoms with Gasteiger partial charge in [-0.25, -0.2) is 4.79 Å². The Bertz CT molecular complexity index is 494. The molecule has 1 aromatic carbocycles. The second-order valence-electron chi connectivity index (χ2n) is 4.76. The second-order valence-corrected chi connectivity index (χ2v) is 4.76. The molecule has 104 valence electrons. The molecule has 1 aliphatic rings. The first-order valence-corrected chi connectivity index (χ1v) is 6.03. The molecule has 0 amide bonds. The highest BCUT2D eigenvalue weighted by atomic mass is 16.5. The van der Waals surface area contributed by atoms with Crippen LogP contribution in [0.4, 0.5) is 11.4 Å². The predicted octanol–water partition coefficient (Wildman–Crippen LogP) is -0.0944. The molecule has 1 heterocycles. The molecule has 0 saturated carbocycles. The zero-order valence-corrected chi connectivity index (χ0v) is 11.0. The van der Waals surface area contributed by atoms with Crippen LogP contribution >= 0.6 is 0 Å². The van der Waals surface area contributed by atoms with Crippen LogP contribution in [0.15, 0.2) is 12.1 Å². The number of aliphatic hydroxyl groups excluding tert-OH is 2. The number of anilines is 2.